The average Bonchev–Trinajstić information content (AvgIpc) is 2.28. The van der Waals surface area contributed by atoms with Crippen molar-refractivity contribution in [3.8, 4) is 0 Å². The van der Waals surface area contributed by atoms with E-state index in [1.54, 1.807) is 0 Å². The Balaban J connectivity index is 2.56. The van der Waals surface area contributed by atoms with Gasteiger partial charge >= 0.3 is 0 Å². The molecular formula is C14H19IO. The largest absolute Gasteiger partial charge is 0.294 e. The van der Waals surface area contributed by atoms with E-state index >= 15 is 0 Å². The molecule has 88 valence electrons. The van der Waals surface area contributed by atoms with Gasteiger partial charge in [-0.25, -0.2) is 0 Å². The van der Waals surface area contributed by atoms with Gasteiger partial charge in [-0.05, 0) is 41.5 Å². The summed E-state index contributed by atoms with van der Waals surface area (Å²) in [6, 6.07) is 5.96. The van der Waals surface area contributed by atoms with Crippen molar-refractivity contribution in [1.82, 2.24) is 0 Å². The predicted molar refractivity (Wildman–Crippen MR) is 77.0 cm³/mol. The van der Waals surface area contributed by atoms with E-state index in [1.165, 1.54) is 24.8 Å². The first-order valence-corrected chi connectivity index (χ1v) is 7.03. The quantitative estimate of drug-likeness (QED) is 0.418. The van der Waals surface area contributed by atoms with Crippen LogP contribution in [-0.4, -0.2) is 5.78 Å². The van der Waals surface area contributed by atoms with E-state index in [0.29, 0.717) is 12.2 Å². The Bertz CT molecular complexity index is 358. The van der Waals surface area contributed by atoms with Crippen molar-refractivity contribution < 1.29 is 4.79 Å². The molecule has 0 saturated heterocycles. The summed E-state index contributed by atoms with van der Waals surface area (Å²) in [7, 11) is 0. The average molecular weight is 330 g/mol. The van der Waals surface area contributed by atoms with Gasteiger partial charge in [-0.1, -0.05) is 44.4 Å². The molecule has 0 bridgehead atoms. The zero-order chi connectivity index (χ0) is 12.0. The summed E-state index contributed by atoms with van der Waals surface area (Å²) in [5, 5.41) is 0. The van der Waals surface area contributed by atoms with E-state index in [9.17, 15) is 4.79 Å². The lowest BCUT2D eigenvalue weighted by Crippen LogP contribution is -2.02. The predicted octanol–water partition coefficient (Wildman–Crippen LogP) is 4.75. The highest BCUT2D eigenvalue weighted by Gasteiger charge is 2.10. The summed E-state index contributed by atoms with van der Waals surface area (Å²) in [5.41, 5.74) is 2.09. The molecule has 0 aliphatic carbocycles. The molecule has 0 amide bonds. The van der Waals surface area contributed by atoms with Crippen LogP contribution in [0.25, 0.3) is 0 Å². The third kappa shape index (κ3) is 3.89. The molecule has 0 heterocycles. The number of halogens is 1. The first-order chi connectivity index (χ1) is 7.66. The van der Waals surface area contributed by atoms with Gasteiger partial charge in [0.2, 0.25) is 0 Å². The standard InChI is InChI=1S/C14H19IO/c1-3-4-5-6-10-13(16)12-9-7-8-11(2)14(12)15/h7-9H,3-6,10H2,1-2H3. The second-order valence-corrected chi connectivity index (χ2v) is 5.25. The van der Waals surface area contributed by atoms with Crippen LogP contribution in [0, 0.1) is 10.5 Å². The van der Waals surface area contributed by atoms with Gasteiger partial charge in [0.05, 0.1) is 0 Å². The molecule has 0 aromatic heterocycles. The second-order valence-electron chi connectivity index (χ2n) is 4.17. The van der Waals surface area contributed by atoms with E-state index in [1.807, 2.05) is 12.1 Å². The van der Waals surface area contributed by atoms with Gasteiger partial charge in [0, 0.05) is 15.6 Å². The number of unbranched alkanes of at least 4 members (excludes halogenated alkanes) is 3. The van der Waals surface area contributed by atoms with Crippen molar-refractivity contribution in [3.63, 3.8) is 0 Å². The van der Waals surface area contributed by atoms with Crippen LogP contribution in [0.1, 0.15) is 54.9 Å². The van der Waals surface area contributed by atoms with Gasteiger partial charge in [0.1, 0.15) is 0 Å². The Morgan fingerprint density at radius 1 is 1.25 bits per heavy atom. The third-order valence-corrected chi connectivity index (χ3v) is 4.18. The van der Waals surface area contributed by atoms with E-state index < -0.39 is 0 Å². The Labute approximate surface area is 112 Å². The smallest absolute Gasteiger partial charge is 0.163 e. The van der Waals surface area contributed by atoms with Crippen molar-refractivity contribution in [1.29, 1.82) is 0 Å². The third-order valence-electron chi connectivity index (χ3n) is 2.75. The molecule has 0 radical (unpaired) electrons. The number of carbonyl (C=O) groups excluding carboxylic acids is 1. The van der Waals surface area contributed by atoms with Crippen molar-refractivity contribution >= 4 is 28.4 Å². The molecule has 2 heteroatoms. The van der Waals surface area contributed by atoms with Gasteiger partial charge in [-0.15, -0.1) is 0 Å². The summed E-state index contributed by atoms with van der Waals surface area (Å²) in [5.74, 6) is 0.296. The topological polar surface area (TPSA) is 17.1 Å². The molecule has 0 N–H and O–H groups in total. The maximum absolute atomic E-state index is 12.0. The van der Waals surface area contributed by atoms with Crippen LogP contribution in [0.5, 0.6) is 0 Å². The summed E-state index contributed by atoms with van der Waals surface area (Å²) in [4.78, 5) is 12.0. The van der Waals surface area contributed by atoms with E-state index in [2.05, 4.69) is 42.5 Å². The molecule has 1 aromatic carbocycles. The highest BCUT2D eigenvalue weighted by Crippen LogP contribution is 2.19. The molecule has 0 unspecified atom stereocenters. The lowest BCUT2D eigenvalue weighted by atomic mass is 10.0. The molecule has 1 rings (SSSR count). The van der Waals surface area contributed by atoms with E-state index in [4.69, 9.17) is 0 Å². The van der Waals surface area contributed by atoms with Crippen LogP contribution in [0.15, 0.2) is 18.2 Å². The zero-order valence-electron chi connectivity index (χ0n) is 10.1. The lowest BCUT2D eigenvalue weighted by molar-refractivity contribution is 0.0978. The first kappa shape index (κ1) is 13.7. The van der Waals surface area contributed by atoms with Crippen molar-refractivity contribution in [3.05, 3.63) is 32.9 Å². The SMILES string of the molecule is CCCCCCC(=O)c1cccc(C)c1I. The van der Waals surface area contributed by atoms with E-state index in [-0.39, 0.29) is 0 Å². The Morgan fingerprint density at radius 2 is 2.00 bits per heavy atom. The molecule has 1 aromatic rings. The van der Waals surface area contributed by atoms with Crippen LogP contribution in [-0.2, 0) is 0 Å². The molecule has 0 fully saturated rings. The fourth-order valence-electron chi connectivity index (χ4n) is 1.71. The van der Waals surface area contributed by atoms with Gasteiger partial charge in [0.25, 0.3) is 0 Å². The molecule has 0 atom stereocenters. The van der Waals surface area contributed by atoms with Crippen molar-refractivity contribution in [2.75, 3.05) is 0 Å². The van der Waals surface area contributed by atoms with Crippen LogP contribution in [0.3, 0.4) is 0 Å². The second kappa shape index (κ2) is 7.05. The normalized spacial score (nSPS) is 10.4. The summed E-state index contributed by atoms with van der Waals surface area (Å²) in [6.45, 7) is 4.24. The molecule has 0 saturated carbocycles. The first-order valence-electron chi connectivity index (χ1n) is 5.95. The number of aryl methyl sites for hydroxylation is 1. The van der Waals surface area contributed by atoms with Crippen molar-refractivity contribution in [2.24, 2.45) is 0 Å². The maximum atomic E-state index is 12.0. The minimum absolute atomic E-state index is 0.296. The number of hydrogen-bond acceptors (Lipinski definition) is 1. The van der Waals surface area contributed by atoms with Gasteiger partial charge in [-0.3, -0.25) is 4.79 Å². The highest BCUT2D eigenvalue weighted by molar-refractivity contribution is 14.1. The molecule has 0 aliphatic rings. The minimum Gasteiger partial charge on any atom is -0.294 e. The Morgan fingerprint density at radius 3 is 2.69 bits per heavy atom. The number of rotatable bonds is 6. The molecular weight excluding hydrogens is 311 g/mol. The molecule has 0 aliphatic heterocycles. The van der Waals surface area contributed by atoms with Gasteiger partial charge in [-0.2, -0.15) is 0 Å². The number of benzene rings is 1. The number of carbonyl (C=O) groups is 1. The Hall–Kier alpha value is -0.380. The summed E-state index contributed by atoms with van der Waals surface area (Å²) >= 11 is 2.27. The molecule has 16 heavy (non-hydrogen) atoms. The van der Waals surface area contributed by atoms with E-state index in [0.717, 1.165) is 15.6 Å². The molecule has 1 nitrogen and oxygen atoms in total. The zero-order valence-corrected chi connectivity index (χ0v) is 12.2. The minimum atomic E-state index is 0.296. The summed E-state index contributed by atoms with van der Waals surface area (Å²) in [6.07, 6.45) is 5.34. The Kier molecular flexibility index (Phi) is 6.03. The van der Waals surface area contributed by atoms with Crippen molar-refractivity contribution in [2.45, 2.75) is 46.0 Å². The monoisotopic (exact) mass is 330 g/mol. The number of Topliss-reactive ketones (excluding diaryl/α,β-unsaturated/α-hetero) is 1. The van der Waals surface area contributed by atoms with Crippen LogP contribution >= 0.6 is 22.6 Å². The van der Waals surface area contributed by atoms with Crippen LogP contribution < -0.4 is 0 Å². The van der Waals surface area contributed by atoms with Crippen LogP contribution in [0.2, 0.25) is 0 Å². The number of hydrogen-bond donors (Lipinski definition) is 0. The van der Waals surface area contributed by atoms with Gasteiger partial charge < -0.3 is 0 Å². The molecule has 0 spiro atoms. The maximum Gasteiger partial charge on any atom is 0.163 e. The lowest BCUT2D eigenvalue weighted by Gasteiger charge is -2.06. The van der Waals surface area contributed by atoms with Gasteiger partial charge in [0.15, 0.2) is 5.78 Å². The fraction of sp³-hybridized carbons (Fsp3) is 0.500. The summed E-state index contributed by atoms with van der Waals surface area (Å²) < 4.78 is 1.11. The fourth-order valence-corrected chi connectivity index (χ4v) is 2.37. The number of ketones is 1. The van der Waals surface area contributed by atoms with Crippen LogP contribution in [0.4, 0.5) is 0 Å². The highest BCUT2D eigenvalue weighted by atomic mass is 127.